The zero-order chi connectivity index (χ0) is 34.9. The maximum atomic E-state index is 2.62. The molecule has 3 aliphatic rings. The quantitative estimate of drug-likeness (QED) is 0.181. The average molecular weight is 669 g/mol. The summed E-state index contributed by atoms with van der Waals surface area (Å²) in [6.07, 6.45) is 6.75. The van der Waals surface area contributed by atoms with Crippen molar-refractivity contribution in [3.8, 4) is 16.8 Å². The topological polar surface area (TPSA) is 8.17 Å². The first kappa shape index (κ1) is 29.8. The van der Waals surface area contributed by atoms with E-state index >= 15 is 0 Å². The summed E-state index contributed by atoms with van der Waals surface area (Å²) >= 11 is 0. The normalized spacial score (nSPS) is 15.8. The summed E-state index contributed by atoms with van der Waals surface area (Å²) in [4.78, 5) is 2.52. The predicted octanol–water partition coefficient (Wildman–Crippen LogP) is 13.3. The van der Waals surface area contributed by atoms with Crippen LogP contribution in [0.4, 0.5) is 17.1 Å². The fourth-order valence-corrected chi connectivity index (χ4v) is 9.99. The molecule has 0 N–H and O–H groups in total. The monoisotopic (exact) mass is 668 g/mol. The van der Waals surface area contributed by atoms with E-state index in [4.69, 9.17) is 0 Å². The molecule has 2 heteroatoms. The number of allylic oxidation sites excluding steroid dienone is 1. The minimum atomic E-state index is -0.208. The lowest BCUT2D eigenvalue weighted by Gasteiger charge is -2.42. The first-order valence-corrected chi connectivity index (χ1v) is 18.8. The van der Waals surface area contributed by atoms with Crippen molar-refractivity contribution in [1.82, 2.24) is 4.57 Å². The van der Waals surface area contributed by atoms with Gasteiger partial charge in [-0.2, -0.15) is 0 Å². The third kappa shape index (κ3) is 3.85. The summed E-state index contributed by atoms with van der Waals surface area (Å²) in [6, 6.07) is 50.5. The van der Waals surface area contributed by atoms with Crippen LogP contribution >= 0.6 is 0 Å². The van der Waals surface area contributed by atoms with Crippen LogP contribution in [0, 0.1) is 0 Å². The number of fused-ring (bicyclic) bond motifs is 3. The highest BCUT2D eigenvalue weighted by Crippen LogP contribution is 2.56. The smallest absolute Gasteiger partial charge is 0.0583 e. The van der Waals surface area contributed by atoms with Gasteiger partial charge in [0.05, 0.1) is 22.4 Å². The summed E-state index contributed by atoms with van der Waals surface area (Å²) in [5.41, 5.74) is 18.3. The minimum Gasteiger partial charge on any atom is -0.310 e. The van der Waals surface area contributed by atoms with Gasteiger partial charge in [-0.15, -0.1) is 0 Å². The van der Waals surface area contributed by atoms with Crippen molar-refractivity contribution in [2.75, 3.05) is 4.90 Å². The molecule has 7 aromatic carbocycles. The van der Waals surface area contributed by atoms with Crippen molar-refractivity contribution >= 4 is 55.7 Å². The van der Waals surface area contributed by atoms with E-state index in [1.54, 1.807) is 0 Å². The van der Waals surface area contributed by atoms with Gasteiger partial charge in [0.1, 0.15) is 0 Å². The molecule has 8 aromatic rings. The van der Waals surface area contributed by atoms with Crippen LogP contribution in [0.2, 0.25) is 0 Å². The van der Waals surface area contributed by atoms with E-state index in [-0.39, 0.29) is 10.8 Å². The van der Waals surface area contributed by atoms with Crippen LogP contribution in [0.25, 0.3) is 55.5 Å². The van der Waals surface area contributed by atoms with E-state index in [9.17, 15) is 0 Å². The molecule has 0 fully saturated rings. The molecule has 52 heavy (non-hydrogen) atoms. The number of nitrogens with zero attached hydrogens (tertiary/aromatic N) is 2. The standard InChI is InChI=1S/C50H40N2/c1-49(2)41-24-12-23-39-40-29-35(30-44-47(40)52(46(39)41)48-42(49)25-13-26-43(48)50(44,3)4)51(45-27-11-17-32-15-6-8-21-38(32)45)34-19-9-18-33(28-34)37-22-10-16-31-14-5-7-20-36(31)37/h5-6,8-19,21-30H,7,20H2,1-4H3. The fourth-order valence-electron chi connectivity index (χ4n) is 9.99. The summed E-state index contributed by atoms with van der Waals surface area (Å²) in [7, 11) is 0. The van der Waals surface area contributed by atoms with Crippen LogP contribution < -0.4 is 4.90 Å². The summed E-state index contributed by atoms with van der Waals surface area (Å²) in [5, 5.41) is 5.13. The maximum Gasteiger partial charge on any atom is 0.0583 e. The second kappa shape index (κ2) is 10.4. The van der Waals surface area contributed by atoms with Gasteiger partial charge >= 0.3 is 0 Å². The zero-order valence-corrected chi connectivity index (χ0v) is 30.2. The Labute approximate surface area is 305 Å². The van der Waals surface area contributed by atoms with Gasteiger partial charge in [-0.05, 0) is 93.1 Å². The Bertz CT molecular complexity index is 2850. The number of hydrogen-bond acceptors (Lipinski definition) is 1. The van der Waals surface area contributed by atoms with Gasteiger partial charge in [0.2, 0.25) is 0 Å². The maximum absolute atomic E-state index is 2.62. The molecule has 3 heterocycles. The second-order valence-corrected chi connectivity index (χ2v) is 16.1. The molecule has 1 aromatic heterocycles. The Balaban J connectivity index is 1.24. The lowest BCUT2D eigenvalue weighted by atomic mass is 9.68. The highest BCUT2D eigenvalue weighted by molar-refractivity contribution is 6.15. The van der Waals surface area contributed by atoms with Gasteiger partial charge in [-0.1, -0.05) is 143 Å². The van der Waals surface area contributed by atoms with Crippen molar-refractivity contribution in [2.24, 2.45) is 0 Å². The molecular weight excluding hydrogens is 629 g/mol. The van der Waals surface area contributed by atoms with Gasteiger partial charge in [0.25, 0.3) is 0 Å². The first-order valence-electron chi connectivity index (χ1n) is 18.8. The minimum absolute atomic E-state index is 0.104. The molecule has 1 aliphatic carbocycles. The summed E-state index contributed by atoms with van der Waals surface area (Å²) in [6.45, 7) is 9.67. The van der Waals surface area contributed by atoms with Gasteiger partial charge in [0.15, 0.2) is 0 Å². The van der Waals surface area contributed by atoms with Crippen molar-refractivity contribution in [2.45, 2.75) is 51.4 Å². The molecule has 2 aliphatic heterocycles. The van der Waals surface area contributed by atoms with Crippen LogP contribution in [-0.2, 0) is 17.3 Å². The van der Waals surface area contributed by atoms with Crippen LogP contribution in [-0.4, -0.2) is 4.57 Å². The lowest BCUT2D eigenvalue weighted by molar-refractivity contribution is 0.593. The molecule has 0 bridgehead atoms. The molecule has 0 saturated carbocycles. The van der Waals surface area contributed by atoms with Crippen molar-refractivity contribution in [1.29, 1.82) is 0 Å². The molecular formula is C50H40N2. The Morgan fingerprint density at radius 1 is 0.558 bits per heavy atom. The Kier molecular flexibility index (Phi) is 5.94. The Morgan fingerprint density at radius 2 is 1.25 bits per heavy atom. The molecule has 250 valence electrons. The molecule has 0 spiro atoms. The highest BCUT2D eigenvalue weighted by Gasteiger charge is 2.43. The first-order chi connectivity index (χ1) is 25.3. The van der Waals surface area contributed by atoms with Crippen molar-refractivity contribution in [3.05, 3.63) is 173 Å². The van der Waals surface area contributed by atoms with E-state index in [0.29, 0.717) is 0 Å². The van der Waals surface area contributed by atoms with Gasteiger partial charge < -0.3 is 9.47 Å². The van der Waals surface area contributed by atoms with Crippen molar-refractivity contribution < 1.29 is 0 Å². The third-order valence-corrected chi connectivity index (χ3v) is 12.6. The van der Waals surface area contributed by atoms with E-state index in [1.165, 1.54) is 94.1 Å². The molecule has 0 amide bonds. The number of anilines is 3. The van der Waals surface area contributed by atoms with Crippen LogP contribution in [0.3, 0.4) is 0 Å². The lowest BCUT2D eigenvalue weighted by Crippen LogP contribution is -2.33. The molecule has 11 rings (SSSR count). The van der Waals surface area contributed by atoms with Gasteiger partial charge in [-0.25, -0.2) is 0 Å². The third-order valence-electron chi connectivity index (χ3n) is 12.6. The molecule has 2 nitrogen and oxygen atoms in total. The zero-order valence-electron chi connectivity index (χ0n) is 30.2. The van der Waals surface area contributed by atoms with E-state index in [1.807, 2.05) is 0 Å². The van der Waals surface area contributed by atoms with Gasteiger partial charge in [-0.3, -0.25) is 0 Å². The number of aromatic nitrogens is 1. The van der Waals surface area contributed by atoms with Crippen LogP contribution in [0.5, 0.6) is 0 Å². The SMILES string of the molecule is CC1(C)c2cccc3c2-n2c4c1cccc4c1cc(N(c4cccc(-c5cccc6c5CCC=C6)c4)c4cccc5ccccc45)cc(c12)C3(C)C. The largest absolute Gasteiger partial charge is 0.310 e. The van der Waals surface area contributed by atoms with Gasteiger partial charge in [0, 0.05) is 38.4 Å². The van der Waals surface area contributed by atoms with E-state index in [0.717, 1.165) is 18.5 Å². The molecule has 0 radical (unpaired) electrons. The van der Waals surface area contributed by atoms with Crippen molar-refractivity contribution in [3.63, 3.8) is 0 Å². The highest BCUT2D eigenvalue weighted by atomic mass is 15.1. The number of para-hydroxylation sites is 2. The fraction of sp³-hybridized carbons (Fsp3) is 0.160. The molecule has 0 unspecified atom stereocenters. The van der Waals surface area contributed by atoms with E-state index in [2.05, 4.69) is 183 Å². The van der Waals surface area contributed by atoms with Crippen LogP contribution in [0.1, 0.15) is 67.5 Å². The summed E-state index contributed by atoms with van der Waals surface area (Å²) in [5.74, 6) is 0. The molecule has 0 saturated heterocycles. The van der Waals surface area contributed by atoms with E-state index < -0.39 is 0 Å². The number of benzene rings is 7. The molecule has 0 atom stereocenters. The number of rotatable bonds is 4. The predicted molar refractivity (Wildman–Crippen MR) is 220 cm³/mol. The Morgan fingerprint density at radius 3 is 2.13 bits per heavy atom. The second-order valence-electron chi connectivity index (χ2n) is 16.1. The summed E-state index contributed by atoms with van der Waals surface area (Å²) < 4.78 is 2.62. The Hall–Kier alpha value is -5.86. The number of hydrogen-bond donors (Lipinski definition) is 0. The van der Waals surface area contributed by atoms with Crippen LogP contribution in [0.15, 0.2) is 140 Å². The average Bonchev–Trinajstić information content (AvgIpc) is 3.51.